The molecule has 14 heavy (non-hydrogen) atoms. The Morgan fingerprint density at radius 3 is 2.57 bits per heavy atom. The van der Waals surface area contributed by atoms with Gasteiger partial charge in [0, 0.05) is 11.1 Å². The minimum atomic E-state index is -3.16. The van der Waals surface area contributed by atoms with Crippen LogP contribution in [0.2, 0.25) is 5.02 Å². The monoisotopic (exact) mass is 224 g/mol. The second-order valence-electron chi connectivity index (χ2n) is 2.30. The van der Waals surface area contributed by atoms with Crippen molar-refractivity contribution in [2.45, 2.75) is 6.61 Å². The number of rotatable bonds is 3. The summed E-state index contributed by atoms with van der Waals surface area (Å²) in [5.41, 5.74) is -0.423. The highest BCUT2D eigenvalue weighted by atomic mass is 35.5. The predicted molar refractivity (Wildman–Crippen MR) is 43.4 cm³/mol. The second-order valence-corrected chi connectivity index (χ2v) is 2.74. The molecule has 1 rings (SSSR count). The molecule has 0 fully saturated rings. The van der Waals surface area contributed by atoms with Crippen LogP contribution >= 0.6 is 11.6 Å². The fraction of sp³-hybridized carbons (Fsp3) is 0.125. The van der Waals surface area contributed by atoms with Gasteiger partial charge in [0.25, 0.3) is 0 Å². The molecule has 0 N–H and O–H groups in total. The molecule has 0 spiro atoms. The molecule has 6 heteroatoms. The molecule has 0 aliphatic heterocycles. The Morgan fingerprint density at radius 2 is 2.07 bits per heavy atom. The van der Waals surface area contributed by atoms with Gasteiger partial charge in [-0.1, -0.05) is 11.6 Å². The molecule has 0 radical (unpaired) electrons. The number of carbonyl (C=O) groups excluding carboxylic acids is 1. The highest BCUT2D eigenvalue weighted by Crippen LogP contribution is 2.26. The molecule has 0 saturated heterocycles. The van der Waals surface area contributed by atoms with Gasteiger partial charge in [0.2, 0.25) is 0 Å². The van der Waals surface area contributed by atoms with Gasteiger partial charge in [-0.25, -0.2) is 4.39 Å². The van der Waals surface area contributed by atoms with E-state index in [9.17, 15) is 18.0 Å². The maximum absolute atomic E-state index is 13.1. The van der Waals surface area contributed by atoms with Crippen molar-refractivity contribution < 1.29 is 22.7 Å². The van der Waals surface area contributed by atoms with Crippen molar-refractivity contribution in [2.75, 3.05) is 0 Å². The fourth-order valence-corrected chi connectivity index (χ4v) is 1.07. The van der Waals surface area contributed by atoms with Crippen LogP contribution in [0.4, 0.5) is 13.2 Å². The van der Waals surface area contributed by atoms with Gasteiger partial charge in [0.1, 0.15) is 0 Å². The maximum Gasteiger partial charge on any atom is 0.387 e. The number of halogens is 4. The summed E-state index contributed by atoms with van der Waals surface area (Å²) in [6.45, 7) is -3.16. The van der Waals surface area contributed by atoms with Crippen molar-refractivity contribution in [3.63, 3.8) is 0 Å². The quantitative estimate of drug-likeness (QED) is 0.738. The lowest BCUT2D eigenvalue weighted by atomic mass is 10.2. The van der Waals surface area contributed by atoms with Crippen LogP contribution < -0.4 is 4.74 Å². The standard InChI is InChI=1S/C8H4ClF3O2/c9-5-1-4(3-13)7(10)6(2-5)14-8(11)12/h1-3,8H. The third-order valence-electron chi connectivity index (χ3n) is 1.38. The smallest absolute Gasteiger partial charge is 0.387 e. The number of carbonyl (C=O) groups is 1. The summed E-state index contributed by atoms with van der Waals surface area (Å²) in [5.74, 6) is -1.89. The number of hydrogen-bond acceptors (Lipinski definition) is 2. The average Bonchev–Trinajstić information content (AvgIpc) is 2.09. The summed E-state index contributed by atoms with van der Waals surface area (Å²) in [5, 5.41) is -0.0517. The lowest BCUT2D eigenvalue weighted by molar-refractivity contribution is -0.0522. The van der Waals surface area contributed by atoms with Crippen LogP contribution in [0.5, 0.6) is 5.75 Å². The molecule has 0 unspecified atom stereocenters. The van der Waals surface area contributed by atoms with Gasteiger partial charge in [-0.15, -0.1) is 0 Å². The normalized spacial score (nSPS) is 10.4. The van der Waals surface area contributed by atoms with E-state index in [0.29, 0.717) is 0 Å². The van der Waals surface area contributed by atoms with Gasteiger partial charge >= 0.3 is 6.61 Å². The fourth-order valence-electron chi connectivity index (χ4n) is 0.852. The van der Waals surface area contributed by atoms with E-state index in [1.54, 1.807) is 0 Å². The Kier molecular flexibility index (Phi) is 3.35. The first-order chi connectivity index (χ1) is 6.54. The van der Waals surface area contributed by atoms with E-state index in [0.717, 1.165) is 12.1 Å². The molecule has 1 aromatic carbocycles. The summed E-state index contributed by atoms with van der Waals surface area (Å²) in [4.78, 5) is 10.3. The topological polar surface area (TPSA) is 26.3 Å². The summed E-state index contributed by atoms with van der Waals surface area (Å²) in [7, 11) is 0. The zero-order chi connectivity index (χ0) is 10.7. The van der Waals surface area contributed by atoms with E-state index in [-0.39, 0.29) is 11.3 Å². The minimum absolute atomic E-state index is 0.0517. The third-order valence-corrected chi connectivity index (χ3v) is 1.59. The molecule has 0 heterocycles. The van der Waals surface area contributed by atoms with Crippen molar-refractivity contribution in [1.29, 1.82) is 0 Å². The largest absolute Gasteiger partial charge is 0.432 e. The molecule has 0 saturated carbocycles. The van der Waals surface area contributed by atoms with Gasteiger partial charge in [-0.05, 0) is 6.07 Å². The highest BCUT2D eigenvalue weighted by molar-refractivity contribution is 6.31. The number of ether oxygens (including phenoxy) is 1. The van der Waals surface area contributed by atoms with E-state index in [1.165, 1.54) is 0 Å². The third kappa shape index (κ3) is 2.38. The van der Waals surface area contributed by atoms with Crippen molar-refractivity contribution >= 4 is 17.9 Å². The van der Waals surface area contributed by atoms with E-state index in [2.05, 4.69) is 4.74 Å². The van der Waals surface area contributed by atoms with Crippen molar-refractivity contribution in [3.8, 4) is 5.75 Å². The summed E-state index contributed by atoms with van der Waals surface area (Å²) >= 11 is 5.43. The Balaban J connectivity index is 3.15. The molecule has 0 aliphatic rings. The first-order valence-corrected chi connectivity index (χ1v) is 3.81. The number of hydrogen-bond donors (Lipinski definition) is 0. The lowest BCUT2D eigenvalue weighted by Crippen LogP contribution is -2.05. The van der Waals surface area contributed by atoms with Crippen LogP contribution in [0.3, 0.4) is 0 Å². The lowest BCUT2D eigenvalue weighted by Gasteiger charge is -2.07. The van der Waals surface area contributed by atoms with E-state index in [4.69, 9.17) is 11.6 Å². The molecular weight excluding hydrogens is 221 g/mol. The zero-order valence-corrected chi connectivity index (χ0v) is 7.39. The van der Waals surface area contributed by atoms with Crippen LogP contribution in [0.1, 0.15) is 10.4 Å². The average molecular weight is 225 g/mol. The van der Waals surface area contributed by atoms with Crippen LogP contribution in [0, 0.1) is 5.82 Å². The SMILES string of the molecule is O=Cc1cc(Cl)cc(OC(F)F)c1F. The summed E-state index contributed by atoms with van der Waals surface area (Å²) in [6, 6.07) is 1.89. The molecule has 1 aromatic rings. The zero-order valence-electron chi connectivity index (χ0n) is 6.64. The van der Waals surface area contributed by atoms with Crippen molar-refractivity contribution in [1.82, 2.24) is 0 Å². The number of benzene rings is 1. The molecule has 0 bridgehead atoms. The van der Waals surface area contributed by atoms with E-state index >= 15 is 0 Å². The Bertz CT molecular complexity index is 355. The summed E-state index contributed by atoms with van der Waals surface area (Å²) < 4.78 is 40.4. The van der Waals surface area contributed by atoms with Crippen LogP contribution in [-0.4, -0.2) is 12.9 Å². The molecule has 0 aliphatic carbocycles. The van der Waals surface area contributed by atoms with Gasteiger partial charge in [-0.2, -0.15) is 8.78 Å². The highest BCUT2D eigenvalue weighted by Gasteiger charge is 2.14. The first kappa shape index (κ1) is 10.8. The molecule has 0 atom stereocenters. The second kappa shape index (κ2) is 4.32. The molecule has 76 valence electrons. The van der Waals surface area contributed by atoms with E-state index < -0.39 is 23.7 Å². The van der Waals surface area contributed by atoms with Crippen molar-refractivity contribution in [3.05, 3.63) is 28.5 Å². The van der Waals surface area contributed by atoms with Gasteiger partial charge in [-0.3, -0.25) is 4.79 Å². The van der Waals surface area contributed by atoms with Gasteiger partial charge < -0.3 is 4.74 Å². The molecule has 0 amide bonds. The number of aldehydes is 1. The van der Waals surface area contributed by atoms with E-state index in [1.807, 2.05) is 0 Å². The number of alkyl halides is 2. The first-order valence-electron chi connectivity index (χ1n) is 3.43. The summed E-state index contributed by atoms with van der Waals surface area (Å²) in [6.07, 6.45) is 0.166. The van der Waals surface area contributed by atoms with Crippen LogP contribution in [-0.2, 0) is 0 Å². The van der Waals surface area contributed by atoms with Crippen molar-refractivity contribution in [2.24, 2.45) is 0 Å². The Hall–Kier alpha value is -1.23. The molecular formula is C8H4ClF3O2. The van der Waals surface area contributed by atoms with Crippen LogP contribution in [0.25, 0.3) is 0 Å². The van der Waals surface area contributed by atoms with Crippen LogP contribution in [0.15, 0.2) is 12.1 Å². The van der Waals surface area contributed by atoms with Gasteiger partial charge in [0.05, 0.1) is 5.56 Å². The predicted octanol–water partition coefficient (Wildman–Crippen LogP) is 2.89. The molecule has 0 aromatic heterocycles. The maximum atomic E-state index is 13.1. The Labute approximate surface area is 82.2 Å². The molecule has 2 nitrogen and oxygen atoms in total. The minimum Gasteiger partial charge on any atom is -0.432 e. The Morgan fingerprint density at radius 1 is 1.43 bits per heavy atom. The van der Waals surface area contributed by atoms with Gasteiger partial charge in [0.15, 0.2) is 17.9 Å².